The van der Waals surface area contributed by atoms with Crippen LogP contribution in [0.15, 0.2) is 65.6 Å². The number of amides is 1. The topological polar surface area (TPSA) is 81.3 Å². The number of H-pyrrole nitrogens is 1. The van der Waals surface area contributed by atoms with Gasteiger partial charge in [-0.2, -0.15) is 13.2 Å². The summed E-state index contributed by atoms with van der Waals surface area (Å²) in [4.78, 5) is 35.4. The average molecular weight is 457 g/mol. The van der Waals surface area contributed by atoms with Crippen molar-refractivity contribution in [1.82, 2.24) is 15.3 Å². The highest BCUT2D eigenvalue weighted by atomic mass is 19.4. The van der Waals surface area contributed by atoms with Gasteiger partial charge in [0.2, 0.25) is 5.95 Å². The molecule has 0 bridgehead atoms. The van der Waals surface area contributed by atoms with Crippen LogP contribution in [0.4, 0.5) is 24.8 Å². The number of aromatic amines is 1. The maximum absolute atomic E-state index is 13.0. The first kappa shape index (κ1) is 22.4. The summed E-state index contributed by atoms with van der Waals surface area (Å²) in [6.45, 7) is 2.13. The van der Waals surface area contributed by atoms with Gasteiger partial charge in [-0.1, -0.05) is 36.4 Å². The lowest BCUT2D eigenvalue weighted by molar-refractivity contribution is -0.137. The minimum atomic E-state index is -4.39. The van der Waals surface area contributed by atoms with Gasteiger partial charge in [0.1, 0.15) is 5.56 Å². The van der Waals surface area contributed by atoms with Crippen molar-refractivity contribution in [2.75, 3.05) is 36.0 Å². The van der Waals surface area contributed by atoms with E-state index in [4.69, 9.17) is 0 Å². The number of carbonyl (C=O) groups excluding carboxylic acids is 1. The van der Waals surface area contributed by atoms with E-state index in [9.17, 15) is 22.8 Å². The van der Waals surface area contributed by atoms with Gasteiger partial charge in [-0.3, -0.25) is 14.6 Å². The minimum absolute atomic E-state index is 0.0858. The van der Waals surface area contributed by atoms with Crippen molar-refractivity contribution < 1.29 is 18.0 Å². The Balaban J connectivity index is 1.37. The lowest BCUT2D eigenvalue weighted by Crippen LogP contribution is -2.47. The molecule has 0 atom stereocenters. The van der Waals surface area contributed by atoms with E-state index in [0.717, 1.165) is 17.7 Å². The van der Waals surface area contributed by atoms with Crippen LogP contribution >= 0.6 is 0 Å². The average Bonchev–Trinajstić information content (AvgIpc) is 2.83. The molecule has 3 aromatic rings. The highest BCUT2D eigenvalue weighted by molar-refractivity contribution is 5.93. The summed E-state index contributed by atoms with van der Waals surface area (Å²) in [6.07, 6.45) is -3.15. The number of carbonyl (C=O) groups is 1. The van der Waals surface area contributed by atoms with Crippen molar-refractivity contribution in [3.63, 3.8) is 0 Å². The summed E-state index contributed by atoms with van der Waals surface area (Å²) in [5, 5.41) is 2.69. The molecule has 0 spiro atoms. The van der Waals surface area contributed by atoms with Crippen molar-refractivity contribution in [2.45, 2.75) is 12.7 Å². The Hall–Kier alpha value is -3.82. The Morgan fingerprint density at radius 1 is 1.00 bits per heavy atom. The van der Waals surface area contributed by atoms with Crippen LogP contribution in [-0.2, 0) is 12.7 Å². The Bertz CT molecular complexity index is 1170. The van der Waals surface area contributed by atoms with Crippen molar-refractivity contribution in [3.8, 4) is 0 Å². The van der Waals surface area contributed by atoms with E-state index in [1.807, 2.05) is 40.1 Å². The predicted molar refractivity (Wildman–Crippen MR) is 118 cm³/mol. The standard InChI is InChI=1S/C23H22F3N5O2/c24-23(25,26)17-7-4-8-18(13-17)30-9-11-31(12-10-30)22-28-15-19(21(33)29-22)20(32)27-14-16-5-2-1-3-6-16/h1-8,13,15H,9-12,14H2,(H,27,32)(H,28,29,33). The van der Waals surface area contributed by atoms with Crippen LogP contribution in [0.3, 0.4) is 0 Å². The van der Waals surface area contributed by atoms with Gasteiger partial charge in [0.15, 0.2) is 0 Å². The normalized spacial score (nSPS) is 14.3. The second-order valence-corrected chi connectivity index (χ2v) is 7.64. The van der Waals surface area contributed by atoms with Crippen LogP contribution in [0.2, 0.25) is 0 Å². The van der Waals surface area contributed by atoms with Gasteiger partial charge in [-0.25, -0.2) is 4.98 Å². The Kier molecular flexibility index (Phi) is 6.34. The fourth-order valence-electron chi connectivity index (χ4n) is 3.64. The van der Waals surface area contributed by atoms with Crippen molar-refractivity contribution in [1.29, 1.82) is 0 Å². The number of piperazine rings is 1. The summed E-state index contributed by atoms with van der Waals surface area (Å²) in [6, 6.07) is 14.5. The number of aromatic nitrogens is 2. The Morgan fingerprint density at radius 3 is 2.36 bits per heavy atom. The number of alkyl halides is 3. The van der Waals surface area contributed by atoms with Gasteiger partial charge >= 0.3 is 6.18 Å². The molecule has 2 N–H and O–H groups in total. The van der Waals surface area contributed by atoms with Gasteiger partial charge in [-0.15, -0.1) is 0 Å². The molecule has 1 aliphatic heterocycles. The van der Waals surface area contributed by atoms with Crippen molar-refractivity contribution >= 4 is 17.5 Å². The largest absolute Gasteiger partial charge is 0.416 e. The maximum Gasteiger partial charge on any atom is 0.416 e. The maximum atomic E-state index is 13.0. The molecule has 1 aliphatic rings. The molecular weight excluding hydrogens is 435 g/mol. The molecule has 7 nitrogen and oxygen atoms in total. The zero-order chi connectivity index (χ0) is 23.4. The zero-order valence-corrected chi connectivity index (χ0v) is 17.6. The summed E-state index contributed by atoms with van der Waals surface area (Å²) in [5.41, 5.74) is 0.0829. The third kappa shape index (κ3) is 5.33. The monoisotopic (exact) mass is 457 g/mol. The lowest BCUT2D eigenvalue weighted by Gasteiger charge is -2.36. The number of benzene rings is 2. The van der Waals surface area contributed by atoms with Crippen LogP contribution in [0.5, 0.6) is 0 Å². The molecule has 4 rings (SSSR count). The summed E-state index contributed by atoms with van der Waals surface area (Å²) in [5.74, 6) is -0.197. The van der Waals surface area contributed by atoms with Gasteiger partial charge in [0.05, 0.1) is 5.56 Å². The lowest BCUT2D eigenvalue weighted by atomic mass is 10.1. The third-order valence-corrected chi connectivity index (χ3v) is 5.44. The van der Waals surface area contributed by atoms with E-state index in [0.29, 0.717) is 44.4 Å². The second-order valence-electron chi connectivity index (χ2n) is 7.64. The first-order chi connectivity index (χ1) is 15.8. The van der Waals surface area contributed by atoms with E-state index >= 15 is 0 Å². The molecule has 2 aromatic carbocycles. The fourth-order valence-corrected chi connectivity index (χ4v) is 3.64. The third-order valence-electron chi connectivity index (χ3n) is 5.44. The predicted octanol–water partition coefficient (Wildman–Crippen LogP) is 3.05. The molecule has 33 heavy (non-hydrogen) atoms. The SMILES string of the molecule is O=C(NCc1ccccc1)c1cnc(N2CCN(c3cccc(C(F)(F)F)c3)CC2)[nH]c1=O. The van der Waals surface area contributed by atoms with Gasteiger partial charge in [0, 0.05) is 44.6 Å². The fraction of sp³-hybridized carbons (Fsp3) is 0.261. The molecule has 2 heterocycles. The molecule has 1 amide bonds. The Morgan fingerprint density at radius 2 is 1.70 bits per heavy atom. The van der Waals surface area contributed by atoms with Crippen LogP contribution in [-0.4, -0.2) is 42.1 Å². The number of hydrogen-bond donors (Lipinski definition) is 2. The molecule has 1 fully saturated rings. The number of nitrogens with one attached hydrogen (secondary N) is 2. The van der Waals surface area contributed by atoms with Crippen LogP contribution in [0, 0.1) is 0 Å². The minimum Gasteiger partial charge on any atom is -0.368 e. The number of rotatable bonds is 5. The van der Waals surface area contributed by atoms with E-state index in [2.05, 4.69) is 15.3 Å². The highest BCUT2D eigenvalue weighted by Gasteiger charge is 2.31. The van der Waals surface area contributed by atoms with Gasteiger partial charge in [0.25, 0.3) is 11.5 Å². The quantitative estimate of drug-likeness (QED) is 0.616. The van der Waals surface area contributed by atoms with E-state index in [1.165, 1.54) is 12.3 Å². The van der Waals surface area contributed by atoms with Crippen LogP contribution < -0.4 is 20.7 Å². The Labute approximate surface area is 187 Å². The van der Waals surface area contributed by atoms with Crippen LogP contribution in [0.25, 0.3) is 0 Å². The summed E-state index contributed by atoms with van der Waals surface area (Å²) < 4.78 is 38.9. The second kappa shape index (κ2) is 9.35. The van der Waals surface area contributed by atoms with E-state index < -0.39 is 23.2 Å². The highest BCUT2D eigenvalue weighted by Crippen LogP contribution is 2.32. The molecule has 10 heteroatoms. The van der Waals surface area contributed by atoms with Gasteiger partial charge < -0.3 is 15.1 Å². The molecule has 1 aromatic heterocycles. The molecule has 1 saturated heterocycles. The van der Waals surface area contributed by atoms with Gasteiger partial charge in [-0.05, 0) is 23.8 Å². The molecule has 0 radical (unpaired) electrons. The molecule has 0 aliphatic carbocycles. The van der Waals surface area contributed by atoms with Crippen molar-refractivity contribution in [2.24, 2.45) is 0 Å². The summed E-state index contributed by atoms with van der Waals surface area (Å²) >= 11 is 0. The number of anilines is 2. The number of nitrogens with zero attached hydrogens (tertiary/aromatic N) is 3. The molecular formula is C23H22F3N5O2. The van der Waals surface area contributed by atoms with E-state index in [-0.39, 0.29) is 5.56 Å². The molecule has 0 unspecified atom stereocenters. The number of hydrogen-bond acceptors (Lipinski definition) is 5. The first-order valence-corrected chi connectivity index (χ1v) is 10.4. The zero-order valence-electron chi connectivity index (χ0n) is 17.6. The summed E-state index contributed by atoms with van der Waals surface area (Å²) in [7, 11) is 0. The van der Waals surface area contributed by atoms with E-state index in [1.54, 1.807) is 6.07 Å². The molecule has 0 saturated carbocycles. The smallest absolute Gasteiger partial charge is 0.368 e. The number of halogens is 3. The molecule has 172 valence electrons. The van der Waals surface area contributed by atoms with Crippen molar-refractivity contribution in [3.05, 3.63) is 87.8 Å². The first-order valence-electron chi connectivity index (χ1n) is 10.4. The van der Waals surface area contributed by atoms with Crippen LogP contribution in [0.1, 0.15) is 21.5 Å².